The lowest BCUT2D eigenvalue weighted by atomic mass is 10.1. The molecular formula is C20H21BrFN3O. The number of amides is 1. The summed E-state index contributed by atoms with van der Waals surface area (Å²) in [7, 11) is 0. The van der Waals surface area contributed by atoms with Crippen LogP contribution in [-0.2, 0) is 11.3 Å². The number of rotatable bonds is 5. The van der Waals surface area contributed by atoms with E-state index in [-0.39, 0.29) is 5.57 Å². The molecule has 1 amide bonds. The lowest BCUT2D eigenvalue weighted by Crippen LogP contribution is -2.14. The van der Waals surface area contributed by atoms with E-state index in [9.17, 15) is 14.4 Å². The number of nitriles is 1. The summed E-state index contributed by atoms with van der Waals surface area (Å²) in [6, 6.07) is 7.86. The molecule has 0 saturated carbocycles. The normalized spacial score (nSPS) is 11.5. The van der Waals surface area contributed by atoms with Gasteiger partial charge in [-0.3, -0.25) is 4.79 Å². The SMILES string of the molecule is Cc1cc(/C=C(\C#N)C(=O)Nc2ccc(F)cc2Br)c(C)n1CC(C)C. The van der Waals surface area contributed by atoms with E-state index in [1.807, 2.05) is 26.0 Å². The Bertz CT molecular complexity index is 907. The van der Waals surface area contributed by atoms with Gasteiger partial charge in [-0.25, -0.2) is 4.39 Å². The Morgan fingerprint density at radius 1 is 1.38 bits per heavy atom. The number of aryl methyl sites for hydroxylation is 1. The molecule has 2 rings (SSSR count). The molecule has 0 spiro atoms. The first-order valence-corrected chi connectivity index (χ1v) is 9.07. The first-order chi connectivity index (χ1) is 12.2. The van der Waals surface area contributed by atoms with Crippen LogP contribution in [0.4, 0.5) is 10.1 Å². The molecule has 2 aromatic rings. The fraction of sp³-hybridized carbons (Fsp3) is 0.300. The predicted molar refractivity (Wildman–Crippen MR) is 105 cm³/mol. The summed E-state index contributed by atoms with van der Waals surface area (Å²) in [5.74, 6) is -0.455. The van der Waals surface area contributed by atoms with E-state index in [0.29, 0.717) is 16.1 Å². The van der Waals surface area contributed by atoms with Gasteiger partial charge in [0.2, 0.25) is 0 Å². The van der Waals surface area contributed by atoms with E-state index in [0.717, 1.165) is 23.5 Å². The Morgan fingerprint density at radius 3 is 2.65 bits per heavy atom. The maximum atomic E-state index is 13.2. The van der Waals surface area contributed by atoms with Gasteiger partial charge in [0.15, 0.2) is 0 Å². The van der Waals surface area contributed by atoms with E-state index in [2.05, 4.69) is 39.7 Å². The van der Waals surface area contributed by atoms with Crippen LogP contribution in [0.1, 0.15) is 30.8 Å². The highest BCUT2D eigenvalue weighted by Crippen LogP contribution is 2.24. The van der Waals surface area contributed by atoms with Gasteiger partial charge in [-0.15, -0.1) is 0 Å². The molecule has 0 bridgehead atoms. The molecule has 136 valence electrons. The molecule has 0 fully saturated rings. The number of carbonyl (C=O) groups is 1. The van der Waals surface area contributed by atoms with E-state index in [4.69, 9.17) is 0 Å². The molecule has 1 N–H and O–H groups in total. The Hall–Kier alpha value is -2.39. The number of anilines is 1. The largest absolute Gasteiger partial charge is 0.348 e. The van der Waals surface area contributed by atoms with Crippen molar-refractivity contribution in [2.45, 2.75) is 34.2 Å². The number of aromatic nitrogens is 1. The summed E-state index contributed by atoms with van der Waals surface area (Å²) in [5.41, 5.74) is 3.34. The summed E-state index contributed by atoms with van der Waals surface area (Å²) in [4.78, 5) is 12.4. The maximum Gasteiger partial charge on any atom is 0.266 e. The number of nitrogens with one attached hydrogen (secondary N) is 1. The molecule has 4 nitrogen and oxygen atoms in total. The number of hydrogen-bond acceptors (Lipinski definition) is 2. The Balaban J connectivity index is 2.30. The van der Waals surface area contributed by atoms with Crippen molar-refractivity contribution in [2.75, 3.05) is 5.32 Å². The molecule has 1 heterocycles. The summed E-state index contributed by atoms with van der Waals surface area (Å²) in [6.07, 6.45) is 1.59. The topological polar surface area (TPSA) is 57.8 Å². The zero-order valence-corrected chi connectivity index (χ0v) is 16.8. The third-order valence-corrected chi connectivity index (χ3v) is 4.66. The molecule has 0 aliphatic carbocycles. The number of halogens is 2. The highest BCUT2D eigenvalue weighted by atomic mass is 79.9. The Labute approximate surface area is 161 Å². The minimum absolute atomic E-state index is 0.00831. The molecule has 0 aliphatic heterocycles. The Kier molecular flexibility index (Phi) is 6.38. The average molecular weight is 418 g/mol. The van der Waals surface area contributed by atoms with Gasteiger partial charge in [-0.2, -0.15) is 5.26 Å². The number of hydrogen-bond donors (Lipinski definition) is 1. The van der Waals surface area contributed by atoms with Crippen molar-refractivity contribution < 1.29 is 9.18 Å². The van der Waals surface area contributed by atoms with Crippen molar-refractivity contribution in [2.24, 2.45) is 5.92 Å². The first-order valence-electron chi connectivity index (χ1n) is 8.27. The third kappa shape index (κ3) is 4.61. The second-order valence-electron chi connectivity index (χ2n) is 6.58. The summed E-state index contributed by atoms with van der Waals surface area (Å²) in [5, 5.41) is 12.0. The monoisotopic (exact) mass is 417 g/mol. The summed E-state index contributed by atoms with van der Waals surface area (Å²) in [6.45, 7) is 9.15. The minimum atomic E-state index is -0.534. The molecule has 1 aromatic heterocycles. The molecular weight excluding hydrogens is 397 g/mol. The number of nitrogens with zero attached hydrogens (tertiary/aromatic N) is 2. The van der Waals surface area contributed by atoms with Crippen molar-refractivity contribution in [3.63, 3.8) is 0 Å². The molecule has 0 saturated heterocycles. The third-order valence-electron chi connectivity index (χ3n) is 4.00. The molecule has 0 unspecified atom stereocenters. The highest BCUT2D eigenvalue weighted by molar-refractivity contribution is 9.10. The first kappa shape index (κ1) is 19.9. The number of carbonyl (C=O) groups excluding carboxylic acids is 1. The van der Waals surface area contributed by atoms with Crippen LogP contribution in [0.2, 0.25) is 0 Å². The maximum absolute atomic E-state index is 13.2. The van der Waals surface area contributed by atoms with Crippen LogP contribution in [-0.4, -0.2) is 10.5 Å². The van der Waals surface area contributed by atoms with Crippen molar-refractivity contribution >= 4 is 33.6 Å². The van der Waals surface area contributed by atoms with Gasteiger partial charge in [0, 0.05) is 22.4 Å². The predicted octanol–water partition coefficient (Wildman–Crippen LogP) is 5.21. The minimum Gasteiger partial charge on any atom is -0.348 e. The van der Waals surface area contributed by atoms with Gasteiger partial charge in [-0.05, 0) is 71.6 Å². The molecule has 26 heavy (non-hydrogen) atoms. The molecule has 0 atom stereocenters. The number of benzene rings is 1. The van der Waals surface area contributed by atoms with Crippen LogP contribution in [0.3, 0.4) is 0 Å². The quantitative estimate of drug-likeness (QED) is 0.536. The lowest BCUT2D eigenvalue weighted by molar-refractivity contribution is -0.112. The van der Waals surface area contributed by atoms with Crippen molar-refractivity contribution in [3.05, 3.63) is 57.1 Å². The average Bonchev–Trinajstić information content (AvgIpc) is 2.82. The van der Waals surface area contributed by atoms with Crippen molar-refractivity contribution in [3.8, 4) is 6.07 Å². The summed E-state index contributed by atoms with van der Waals surface area (Å²) < 4.78 is 15.8. The van der Waals surface area contributed by atoms with E-state index in [1.165, 1.54) is 18.2 Å². The molecule has 0 aliphatic rings. The smallest absolute Gasteiger partial charge is 0.266 e. The van der Waals surface area contributed by atoms with E-state index in [1.54, 1.807) is 6.08 Å². The van der Waals surface area contributed by atoms with Crippen LogP contribution in [0.25, 0.3) is 6.08 Å². The van der Waals surface area contributed by atoms with Gasteiger partial charge in [0.05, 0.1) is 5.69 Å². The van der Waals surface area contributed by atoms with Gasteiger partial charge in [-0.1, -0.05) is 13.8 Å². The van der Waals surface area contributed by atoms with Crippen LogP contribution in [0.5, 0.6) is 0 Å². The lowest BCUT2D eigenvalue weighted by Gasteiger charge is -2.12. The Morgan fingerprint density at radius 2 is 2.08 bits per heavy atom. The van der Waals surface area contributed by atoms with Gasteiger partial charge < -0.3 is 9.88 Å². The second-order valence-corrected chi connectivity index (χ2v) is 7.43. The fourth-order valence-electron chi connectivity index (χ4n) is 2.70. The van der Waals surface area contributed by atoms with Crippen molar-refractivity contribution in [1.82, 2.24) is 4.57 Å². The van der Waals surface area contributed by atoms with E-state index >= 15 is 0 Å². The molecule has 6 heteroatoms. The van der Waals surface area contributed by atoms with Crippen LogP contribution in [0.15, 0.2) is 34.3 Å². The van der Waals surface area contributed by atoms with Gasteiger partial charge in [0.25, 0.3) is 5.91 Å². The van der Waals surface area contributed by atoms with Crippen molar-refractivity contribution in [1.29, 1.82) is 5.26 Å². The van der Waals surface area contributed by atoms with Gasteiger partial charge in [0.1, 0.15) is 17.5 Å². The molecule has 1 aromatic carbocycles. The van der Waals surface area contributed by atoms with Crippen LogP contribution in [0, 0.1) is 36.9 Å². The van der Waals surface area contributed by atoms with E-state index < -0.39 is 11.7 Å². The molecule has 0 radical (unpaired) electrons. The zero-order valence-electron chi connectivity index (χ0n) is 15.2. The summed E-state index contributed by atoms with van der Waals surface area (Å²) >= 11 is 3.20. The highest BCUT2D eigenvalue weighted by Gasteiger charge is 2.14. The fourth-order valence-corrected chi connectivity index (χ4v) is 3.15. The standard InChI is InChI=1S/C20H21BrFN3O/c1-12(2)11-25-13(3)7-15(14(25)4)8-16(10-23)20(26)24-19-6-5-17(22)9-18(19)21/h5-9,12H,11H2,1-4H3,(H,24,26)/b16-8+. The second kappa shape index (κ2) is 8.33. The zero-order chi connectivity index (χ0) is 19.4. The van der Waals surface area contributed by atoms with Crippen LogP contribution < -0.4 is 5.32 Å². The van der Waals surface area contributed by atoms with Gasteiger partial charge >= 0.3 is 0 Å². The van der Waals surface area contributed by atoms with Crippen LogP contribution >= 0.6 is 15.9 Å².